The fraction of sp³-hybridized carbons (Fsp3) is 0.375. The van der Waals surface area contributed by atoms with Crippen LogP contribution < -0.4 is 15.1 Å². The van der Waals surface area contributed by atoms with Crippen LogP contribution in [0.2, 0.25) is 0 Å². The summed E-state index contributed by atoms with van der Waals surface area (Å²) in [5, 5.41) is 39.1. The zero-order valence-electron chi connectivity index (χ0n) is 13.4. The highest BCUT2D eigenvalue weighted by molar-refractivity contribution is 5.80. The molecule has 3 rings (SSSR count). The van der Waals surface area contributed by atoms with E-state index in [0.717, 1.165) is 0 Å². The number of fused-ring (bicyclic) bond motifs is 1. The van der Waals surface area contributed by atoms with Crippen LogP contribution in [-0.2, 0) is 9.53 Å². The zero-order chi connectivity index (χ0) is 19.0. The predicted octanol–water partition coefficient (Wildman–Crippen LogP) is -0.927. The summed E-state index contributed by atoms with van der Waals surface area (Å²) in [6.07, 6.45) is -8.71. The van der Waals surface area contributed by atoms with Gasteiger partial charge in [-0.3, -0.25) is 0 Å². The number of hydrogen-bond donors (Lipinski definition) is 4. The van der Waals surface area contributed by atoms with E-state index in [1.165, 1.54) is 31.4 Å². The van der Waals surface area contributed by atoms with Crippen molar-refractivity contribution in [2.24, 2.45) is 0 Å². The second kappa shape index (κ2) is 6.92. The van der Waals surface area contributed by atoms with Gasteiger partial charge in [-0.05, 0) is 12.1 Å². The molecule has 4 N–H and O–H groups in total. The number of carbonyl (C=O) groups is 1. The molecule has 10 heteroatoms. The fourth-order valence-corrected chi connectivity index (χ4v) is 2.60. The molecule has 0 amide bonds. The molecule has 1 fully saturated rings. The van der Waals surface area contributed by atoms with Crippen molar-refractivity contribution in [3.63, 3.8) is 0 Å². The number of carboxylic acids is 1. The third kappa shape index (κ3) is 3.22. The van der Waals surface area contributed by atoms with Gasteiger partial charge in [-0.2, -0.15) is 0 Å². The Bertz CT molecular complexity index is 875. The summed E-state index contributed by atoms with van der Waals surface area (Å²) in [6.45, 7) is 0. The lowest BCUT2D eigenvalue weighted by atomic mass is 9.99. The molecule has 2 heterocycles. The highest BCUT2D eigenvalue weighted by Crippen LogP contribution is 2.34. The predicted molar refractivity (Wildman–Crippen MR) is 84.0 cm³/mol. The molecule has 140 valence electrons. The van der Waals surface area contributed by atoms with Crippen molar-refractivity contribution in [1.29, 1.82) is 0 Å². The van der Waals surface area contributed by atoms with Crippen molar-refractivity contribution in [3.05, 3.63) is 34.7 Å². The SMILES string of the molecule is COc1cc2oc(=O)ccc2cc1O[C@@H]1O[C@H](C(=O)O)[C@@H](O)[C@H](O)[C@H]1O. The lowest BCUT2D eigenvalue weighted by molar-refractivity contribution is -0.271. The smallest absolute Gasteiger partial charge is 0.336 e. The Morgan fingerprint density at radius 3 is 2.46 bits per heavy atom. The van der Waals surface area contributed by atoms with Crippen molar-refractivity contribution < 1.29 is 43.8 Å². The second-order valence-corrected chi connectivity index (χ2v) is 5.65. The molecule has 5 atom stereocenters. The molecule has 1 aromatic heterocycles. The van der Waals surface area contributed by atoms with E-state index in [0.29, 0.717) is 5.39 Å². The largest absolute Gasteiger partial charge is 0.493 e. The van der Waals surface area contributed by atoms with Gasteiger partial charge in [0, 0.05) is 17.5 Å². The van der Waals surface area contributed by atoms with Crippen LogP contribution >= 0.6 is 0 Å². The number of hydrogen-bond acceptors (Lipinski definition) is 9. The molecule has 0 spiro atoms. The Kier molecular flexibility index (Phi) is 4.83. The van der Waals surface area contributed by atoms with E-state index >= 15 is 0 Å². The Morgan fingerprint density at radius 1 is 1.08 bits per heavy atom. The van der Waals surface area contributed by atoms with Gasteiger partial charge in [0.1, 0.15) is 23.9 Å². The number of ether oxygens (including phenoxy) is 3. The molecular weight excluding hydrogens is 352 g/mol. The number of benzene rings is 1. The van der Waals surface area contributed by atoms with E-state index in [1.54, 1.807) is 0 Å². The second-order valence-electron chi connectivity index (χ2n) is 5.65. The average molecular weight is 368 g/mol. The third-order valence-corrected chi connectivity index (χ3v) is 3.96. The number of rotatable bonds is 4. The monoisotopic (exact) mass is 368 g/mol. The Balaban J connectivity index is 1.95. The maximum atomic E-state index is 11.3. The van der Waals surface area contributed by atoms with Crippen LogP contribution in [0.5, 0.6) is 11.5 Å². The quantitative estimate of drug-likeness (QED) is 0.497. The van der Waals surface area contributed by atoms with Crippen LogP contribution in [0.4, 0.5) is 0 Å². The van der Waals surface area contributed by atoms with E-state index in [2.05, 4.69) is 0 Å². The topological polar surface area (TPSA) is 156 Å². The highest BCUT2D eigenvalue weighted by Gasteiger charge is 2.48. The lowest BCUT2D eigenvalue weighted by Gasteiger charge is -2.38. The van der Waals surface area contributed by atoms with E-state index < -0.39 is 42.3 Å². The molecular formula is C16H16O10. The van der Waals surface area contributed by atoms with Gasteiger partial charge < -0.3 is 39.1 Å². The summed E-state index contributed by atoms with van der Waals surface area (Å²) in [6, 6.07) is 5.48. The standard InChI is InChI=1S/C16H16O10/c1-23-8-5-7-6(2-3-10(17)24-7)4-9(8)25-16-13(20)11(18)12(19)14(26-16)15(21)22/h2-5,11-14,16,18-20H,1H3,(H,21,22)/t11-,12-,13+,14-,16+/m0/s1. The number of aliphatic hydroxyl groups excluding tert-OH is 3. The van der Waals surface area contributed by atoms with Gasteiger partial charge >= 0.3 is 11.6 Å². The molecule has 1 saturated heterocycles. The molecule has 1 aliphatic rings. The molecule has 26 heavy (non-hydrogen) atoms. The molecule has 0 unspecified atom stereocenters. The fourth-order valence-electron chi connectivity index (χ4n) is 2.60. The number of aliphatic carboxylic acids is 1. The maximum absolute atomic E-state index is 11.3. The highest BCUT2D eigenvalue weighted by atomic mass is 16.7. The van der Waals surface area contributed by atoms with Crippen molar-refractivity contribution in [3.8, 4) is 11.5 Å². The van der Waals surface area contributed by atoms with Gasteiger partial charge in [0.15, 0.2) is 17.6 Å². The van der Waals surface area contributed by atoms with Gasteiger partial charge in [0.05, 0.1) is 7.11 Å². The summed E-state index contributed by atoms with van der Waals surface area (Å²) >= 11 is 0. The van der Waals surface area contributed by atoms with Crippen molar-refractivity contribution in [2.45, 2.75) is 30.7 Å². The van der Waals surface area contributed by atoms with Crippen LogP contribution in [0.1, 0.15) is 0 Å². The minimum absolute atomic E-state index is 0.0469. The molecule has 0 aliphatic carbocycles. The van der Waals surface area contributed by atoms with E-state index in [9.17, 15) is 24.9 Å². The lowest BCUT2D eigenvalue weighted by Crippen LogP contribution is -2.61. The molecule has 1 aliphatic heterocycles. The van der Waals surface area contributed by atoms with Crippen molar-refractivity contribution in [1.82, 2.24) is 0 Å². The first kappa shape index (κ1) is 18.1. The maximum Gasteiger partial charge on any atom is 0.336 e. The van der Waals surface area contributed by atoms with E-state index in [4.69, 9.17) is 23.7 Å². The Labute approximate surface area is 145 Å². The third-order valence-electron chi connectivity index (χ3n) is 3.96. The normalized spacial score (nSPS) is 28.7. The van der Waals surface area contributed by atoms with Gasteiger partial charge in [-0.1, -0.05) is 0 Å². The van der Waals surface area contributed by atoms with Crippen LogP contribution in [0.15, 0.2) is 33.5 Å². The minimum Gasteiger partial charge on any atom is -0.493 e. The molecule has 1 aromatic carbocycles. The first-order chi connectivity index (χ1) is 12.3. The Morgan fingerprint density at radius 2 is 1.81 bits per heavy atom. The molecule has 0 radical (unpaired) electrons. The molecule has 0 saturated carbocycles. The minimum atomic E-state index is -1.82. The van der Waals surface area contributed by atoms with Gasteiger partial charge in [0.2, 0.25) is 6.29 Å². The summed E-state index contributed by atoms with van der Waals surface area (Å²) in [4.78, 5) is 22.4. The summed E-state index contributed by atoms with van der Waals surface area (Å²) in [5.74, 6) is -1.36. The molecule has 2 aromatic rings. The number of aliphatic hydroxyl groups is 3. The summed E-state index contributed by atoms with van der Waals surface area (Å²) < 4.78 is 20.7. The first-order valence-corrected chi connectivity index (χ1v) is 7.53. The van der Waals surface area contributed by atoms with Gasteiger partial charge in [-0.25, -0.2) is 9.59 Å². The van der Waals surface area contributed by atoms with Crippen molar-refractivity contribution >= 4 is 16.9 Å². The summed E-state index contributed by atoms with van der Waals surface area (Å²) in [7, 11) is 1.33. The van der Waals surface area contributed by atoms with E-state index in [1.807, 2.05) is 0 Å². The molecule has 10 nitrogen and oxygen atoms in total. The number of carboxylic acid groups (broad SMARTS) is 1. The molecule has 0 bridgehead atoms. The first-order valence-electron chi connectivity index (χ1n) is 7.53. The van der Waals surface area contributed by atoms with Crippen LogP contribution in [0.3, 0.4) is 0 Å². The van der Waals surface area contributed by atoms with Crippen molar-refractivity contribution in [2.75, 3.05) is 7.11 Å². The average Bonchev–Trinajstić information content (AvgIpc) is 2.61. The zero-order valence-corrected chi connectivity index (χ0v) is 13.4. The van der Waals surface area contributed by atoms with E-state index in [-0.39, 0.29) is 17.1 Å². The van der Waals surface area contributed by atoms with Gasteiger partial charge in [0.25, 0.3) is 0 Å². The van der Waals surface area contributed by atoms with Crippen LogP contribution in [0, 0.1) is 0 Å². The van der Waals surface area contributed by atoms with Gasteiger partial charge in [-0.15, -0.1) is 0 Å². The Hall–Kier alpha value is -2.66. The van der Waals surface area contributed by atoms with Crippen LogP contribution in [0.25, 0.3) is 11.0 Å². The number of methoxy groups -OCH3 is 1. The summed E-state index contributed by atoms with van der Waals surface area (Å²) in [5.41, 5.74) is -0.327. The van der Waals surface area contributed by atoms with Crippen LogP contribution in [-0.4, -0.2) is 64.2 Å².